The van der Waals surface area contributed by atoms with Gasteiger partial charge in [-0.1, -0.05) is 30.3 Å². The molecule has 0 unspecified atom stereocenters. The minimum absolute atomic E-state index is 0.351. The van der Waals surface area contributed by atoms with Crippen LogP contribution >= 0.6 is 0 Å². The Balaban J connectivity index is 1.61. The molecule has 0 spiro atoms. The lowest BCUT2D eigenvalue weighted by atomic mass is 10.2. The summed E-state index contributed by atoms with van der Waals surface area (Å²) in [5, 5.41) is 4.42. The molecule has 134 valence electrons. The number of pyridine rings is 1. The Bertz CT molecular complexity index is 844. The fraction of sp³-hybridized carbons (Fsp3) is 0.250. The van der Waals surface area contributed by atoms with Crippen LogP contribution in [-0.2, 0) is 17.8 Å². The summed E-state index contributed by atoms with van der Waals surface area (Å²) in [4.78, 5) is 18.0. The van der Waals surface area contributed by atoms with Crippen LogP contribution in [0, 0.1) is 0 Å². The number of esters is 1. The Hall–Kier alpha value is -3.15. The van der Waals surface area contributed by atoms with Gasteiger partial charge in [0.2, 0.25) is 0 Å². The highest BCUT2D eigenvalue weighted by molar-refractivity contribution is 5.89. The minimum Gasteiger partial charge on any atom is -0.462 e. The van der Waals surface area contributed by atoms with Crippen molar-refractivity contribution in [2.75, 3.05) is 18.6 Å². The van der Waals surface area contributed by atoms with E-state index in [9.17, 15) is 4.79 Å². The number of hydrogen-bond acceptors (Lipinski definition) is 5. The maximum Gasteiger partial charge on any atom is 0.339 e. The van der Waals surface area contributed by atoms with Gasteiger partial charge in [0.15, 0.2) is 0 Å². The van der Waals surface area contributed by atoms with Gasteiger partial charge < -0.3 is 9.64 Å². The molecule has 0 fully saturated rings. The number of carbonyl (C=O) groups is 1. The van der Waals surface area contributed by atoms with Crippen molar-refractivity contribution < 1.29 is 9.53 Å². The molecular formula is C20H22N4O2. The van der Waals surface area contributed by atoms with Gasteiger partial charge in [0.05, 0.1) is 24.9 Å². The molecule has 0 atom stereocenters. The molecule has 0 N–H and O–H groups in total. The van der Waals surface area contributed by atoms with Crippen LogP contribution in [0.15, 0.2) is 61.1 Å². The topological polar surface area (TPSA) is 60.2 Å². The zero-order chi connectivity index (χ0) is 18.4. The number of anilines is 1. The van der Waals surface area contributed by atoms with Gasteiger partial charge >= 0.3 is 5.97 Å². The third kappa shape index (κ3) is 4.47. The van der Waals surface area contributed by atoms with Crippen LogP contribution < -0.4 is 4.90 Å². The fourth-order valence-corrected chi connectivity index (χ4v) is 2.65. The number of ether oxygens (including phenoxy) is 1. The molecule has 0 radical (unpaired) electrons. The second-order valence-electron chi connectivity index (χ2n) is 6.01. The maximum atomic E-state index is 11.7. The summed E-state index contributed by atoms with van der Waals surface area (Å²) in [5.74, 6) is 0.435. The van der Waals surface area contributed by atoms with E-state index in [2.05, 4.69) is 22.2 Å². The summed E-state index contributed by atoms with van der Waals surface area (Å²) in [6.45, 7) is 3.57. The standard InChI is InChI=1S/C20H22N4O2/c1-3-26-20(25)18-9-10-19(21-12-18)23(2)13-17-11-22-24(15-17)14-16-7-5-4-6-8-16/h4-12,15H,3,13-14H2,1-2H3. The van der Waals surface area contributed by atoms with Gasteiger partial charge in [-0.2, -0.15) is 5.10 Å². The summed E-state index contributed by atoms with van der Waals surface area (Å²) < 4.78 is 6.90. The third-order valence-corrected chi connectivity index (χ3v) is 3.94. The lowest BCUT2D eigenvalue weighted by Crippen LogP contribution is -2.17. The van der Waals surface area contributed by atoms with E-state index in [1.165, 1.54) is 5.56 Å². The first-order chi connectivity index (χ1) is 12.7. The summed E-state index contributed by atoms with van der Waals surface area (Å²) in [5.41, 5.74) is 2.77. The van der Waals surface area contributed by atoms with E-state index in [-0.39, 0.29) is 5.97 Å². The molecule has 3 rings (SSSR count). The Labute approximate surface area is 153 Å². The lowest BCUT2D eigenvalue weighted by Gasteiger charge is -2.17. The second-order valence-corrected chi connectivity index (χ2v) is 6.01. The maximum absolute atomic E-state index is 11.7. The highest BCUT2D eigenvalue weighted by atomic mass is 16.5. The Morgan fingerprint density at radius 3 is 2.62 bits per heavy atom. The predicted molar refractivity (Wildman–Crippen MR) is 100 cm³/mol. The molecule has 0 saturated heterocycles. The zero-order valence-corrected chi connectivity index (χ0v) is 15.0. The van der Waals surface area contributed by atoms with Crippen LogP contribution in [0.3, 0.4) is 0 Å². The Morgan fingerprint density at radius 1 is 1.12 bits per heavy atom. The normalized spacial score (nSPS) is 10.5. The van der Waals surface area contributed by atoms with Crippen molar-refractivity contribution in [2.24, 2.45) is 0 Å². The molecule has 1 aromatic carbocycles. The third-order valence-electron chi connectivity index (χ3n) is 3.94. The molecule has 6 heteroatoms. The van der Waals surface area contributed by atoms with E-state index in [4.69, 9.17) is 4.74 Å². The van der Waals surface area contributed by atoms with Crippen molar-refractivity contribution in [3.8, 4) is 0 Å². The van der Waals surface area contributed by atoms with Crippen molar-refractivity contribution in [1.29, 1.82) is 0 Å². The molecule has 2 aromatic heterocycles. The van der Waals surface area contributed by atoms with E-state index in [1.54, 1.807) is 19.2 Å². The first-order valence-electron chi connectivity index (χ1n) is 8.55. The van der Waals surface area contributed by atoms with Crippen LogP contribution in [0.25, 0.3) is 0 Å². The van der Waals surface area contributed by atoms with Crippen LogP contribution in [0.4, 0.5) is 5.82 Å². The van der Waals surface area contributed by atoms with Crippen molar-refractivity contribution in [2.45, 2.75) is 20.0 Å². The quantitative estimate of drug-likeness (QED) is 0.613. The van der Waals surface area contributed by atoms with E-state index in [0.29, 0.717) is 18.7 Å². The summed E-state index contributed by atoms with van der Waals surface area (Å²) >= 11 is 0. The molecule has 0 aliphatic carbocycles. The number of hydrogen-bond donors (Lipinski definition) is 0. The average Bonchev–Trinajstić information content (AvgIpc) is 3.09. The molecule has 3 aromatic rings. The van der Waals surface area contributed by atoms with Gasteiger partial charge in [-0.05, 0) is 24.6 Å². The zero-order valence-electron chi connectivity index (χ0n) is 15.0. The van der Waals surface area contributed by atoms with Gasteiger partial charge in [0, 0.05) is 31.5 Å². The smallest absolute Gasteiger partial charge is 0.339 e. The van der Waals surface area contributed by atoms with Gasteiger partial charge in [0.25, 0.3) is 0 Å². The lowest BCUT2D eigenvalue weighted by molar-refractivity contribution is 0.0526. The second kappa shape index (κ2) is 8.29. The predicted octanol–water partition coefficient (Wildman–Crippen LogP) is 3.14. The Morgan fingerprint density at radius 2 is 1.92 bits per heavy atom. The average molecular weight is 350 g/mol. The van der Waals surface area contributed by atoms with Crippen molar-refractivity contribution in [3.05, 3.63) is 77.7 Å². The number of benzene rings is 1. The number of nitrogens with zero attached hydrogens (tertiary/aromatic N) is 4. The monoisotopic (exact) mass is 350 g/mol. The minimum atomic E-state index is -0.351. The highest BCUT2D eigenvalue weighted by Gasteiger charge is 2.10. The number of aromatic nitrogens is 3. The summed E-state index contributed by atoms with van der Waals surface area (Å²) in [6, 6.07) is 13.8. The molecule has 0 aliphatic heterocycles. The molecule has 0 amide bonds. The molecule has 0 aliphatic rings. The fourth-order valence-electron chi connectivity index (χ4n) is 2.65. The van der Waals surface area contributed by atoms with E-state index >= 15 is 0 Å². The van der Waals surface area contributed by atoms with Crippen molar-refractivity contribution >= 4 is 11.8 Å². The molecule has 0 bridgehead atoms. The van der Waals surface area contributed by atoms with Gasteiger partial charge in [-0.25, -0.2) is 9.78 Å². The van der Waals surface area contributed by atoms with Crippen molar-refractivity contribution in [3.63, 3.8) is 0 Å². The molecule has 2 heterocycles. The Kier molecular flexibility index (Phi) is 5.63. The summed E-state index contributed by atoms with van der Waals surface area (Å²) in [7, 11) is 1.96. The van der Waals surface area contributed by atoms with Crippen LogP contribution in [0.5, 0.6) is 0 Å². The van der Waals surface area contributed by atoms with E-state index < -0.39 is 0 Å². The molecule has 0 saturated carbocycles. The first-order valence-corrected chi connectivity index (χ1v) is 8.55. The largest absolute Gasteiger partial charge is 0.462 e. The van der Waals surface area contributed by atoms with Crippen LogP contribution in [-0.4, -0.2) is 34.4 Å². The molecular weight excluding hydrogens is 328 g/mol. The molecule has 6 nitrogen and oxygen atoms in total. The SMILES string of the molecule is CCOC(=O)c1ccc(N(C)Cc2cnn(Cc3ccccc3)c2)nc1. The van der Waals surface area contributed by atoms with Crippen LogP contribution in [0.1, 0.15) is 28.4 Å². The van der Waals surface area contributed by atoms with E-state index in [0.717, 1.165) is 17.9 Å². The summed E-state index contributed by atoms with van der Waals surface area (Å²) in [6.07, 6.45) is 5.45. The number of carbonyl (C=O) groups excluding carboxylic acids is 1. The van der Waals surface area contributed by atoms with Gasteiger partial charge in [-0.15, -0.1) is 0 Å². The number of rotatable bonds is 7. The van der Waals surface area contributed by atoms with E-state index in [1.807, 2.05) is 53.3 Å². The highest BCUT2D eigenvalue weighted by Crippen LogP contribution is 2.14. The van der Waals surface area contributed by atoms with Crippen molar-refractivity contribution in [1.82, 2.24) is 14.8 Å². The first kappa shape index (κ1) is 17.7. The van der Waals surface area contributed by atoms with Gasteiger partial charge in [-0.3, -0.25) is 4.68 Å². The van der Waals surface area contributed by atoms with Crippen LogP contribution in [0.2, 0.25) is 0 Å². The van der Waals surface area contributed by atoms with Gasteiger partial charge in [0.1, 0.15) is 5.82 Å². The molecule has 26 heavy (non-hydrogen) atoms.